The van der Waals surface area contributed by atoms with E-state index >= 15 is 0 Å². The highest BCUT2D eigenvalue weighted by atomic mass is 19.4. The van der Waals surface area contributed by atoms with Gasteiger partial charge < -0.3 is 10.1 Å². The van der Waals surface area contributed by atoms with Crippen LogP contribution in [0.5, 0.6) is 5.88 Å². The number of nitrogens with one attached hydrogen (secondary N) is 1. The molecule has 0 spiro atoms. The van der Waals surface area contributed by atoms with E-state index in [2.05, 4.69) is 15.3 Å². The number of piperidine rings is 1. The Morgan fingerprint density at radius 1 is 1.21 bits per heavy atom. The van der Waals surface area contributed by atoms with Crippen molar-refractivity contribution in [3.05, 3.63) is 18.1 Å². The van der Waals surface area contributed by atoms with E-state index in [-0.39, 0.29) is 11.9 Å². The minimum absolute atomic E-state index is 0.132. The first-order valence-electron chi connectivity index (χ1n) is 6.28. The Morgan fingerprint density at radius 3 is 2.68 bits per heavy atom. The van der Waals surface area contributed by atoms with Crippen molar-refractivity contribution in [1.82, 2.24) is 15.3 Å². The molecular formula is C12H14F3N3O. The number of hydrogen-bond donors (Lipinski definition) is 1. The van der Waals surface area contributed by atoms with E-state index in [1.165, 1.54) is 6.42 Å². The van der Waals surface area contributed by atoms with E-state index in [0.29, 0.717) is 12.8 Å². The molecule has 0 bridgehead atoms. The van der Waals surface area contributed by atoms with Gasteiger partial charge in [0.15, 0.2) is 5.69 Å². The minimum atomic E-state index is -4.46. The third-order valence-corrected chi connectivity index (χ3v) is 3.68. The van der Waals surface area contributed by atoms with Crippen LogP contribution >= 0.6 is 0 Å². The third kappa shape index (κ3) is 2.97. The van der Waals surface area contributed by atoms with E-state index in [0.717, 1.165) is 31.0 Å². The first-order valence-corrected chi connectivity index (χ1v) is 6.28. The Hall–Kier alpha value is -1.37. The lowest BCUT2D eigenvalue weighted by molar-refractivity contribution is -0.141. The van der Waals surface area contributed by atoms with Crippen LogP contribution in [-0.4, -0.2) is 29.2 Å². The van der Waals surface area contributed by atoms with Gasteiger partial charge in [0, 0.05) is 6.04 Å². The number of aromatic nitrogens is 2. The normalized spacial score (nSPS) is 29.7. The maximum absolute atomic E-state index is 12.3. The second kappa shape index (κ2) is 4.63. The molecule has 7 heteroatoms. The van der Waals surface area contributed by atoms with Gasteiger partial charge >= 0.3 is 6.18 Å². The average Bonchev–Trinajstić information content (AvgIpc) is 3.14. The lowest BCUT2D eigenvalue weighted by atomic mass is 10.1. The highest BCUT2D eigenvalue weighted by Gasteiger charge is 2.42. The monoisotopic (exact) mass is 273 g/mol. The molecule has 1 aliphatic heterocycles. The lowest BCUT2D eigenvalue weighted by Crippen LogP contribution is -2.39. The Balaban J connectivity index is 1.52. The fraction of sp³-hybridized carbons (Fsp3) is 0.667. The number of rotatable bonds is 3. The van der Waals surface area contributed by atoms with Crippen molar-refractivity contribution in [1.29, 1.82) is 0 Å². The van der Waals surface area contributed by atoms with Crippen molar-refractivity contribution in [2.75, 3.05) is 13.2 Å². The zero-order valence-electron chi connectivity index (χ0n) is 10.2. The molecule has 1 aromatic rings. The first-order chi connectivity index (χ1) is 9.02. The molecule has 2 aliphatic rings. The number of hydrogen-bond acceptors (Lipinski definition) is 4. The van der Waals surface area contributed by atoms with Crippen molar-refractivity contribution in [3.63, 3.8) is 0 Å². The number of nitrogens with zero attached hydrogens (tertiary/aromatic N) is 2. The van der Waals surface area contributed by atoms with E-state index in [1.807, 2.05) is 0 Å². The second-order valence-corrected chi connectivity index (χ2v) is 5.15. The molecule has 1 saturated carbocycles. The van der Waals surface area contributed by atoms with Gasteiger partial charge in [-0.3, -0.25) is 0 Å². The third-order valence-electron chi connectivity index (χ3n) is 3.68. The minimum Gasteiger partial charge on any atom is -0.475 e. The zero-order valence-corrected chi connectivity index (χ0v) is 10.2. The van der Waals surface area contributed by atoms with Crippen molar-refractivity contribution in [2.45, 2.75) is 25.1 Å². The summed E-state index contributed by atoms with van der Waals surface area (Å²) in [6, 6.07) is 0.257. The number of fused-ring (bicyclic) bond motifs is 1. The first kappa shape index (κ1) is 12.7. The highest BCUT2D eigenvalue weighted by Crippen LogP contribution is 2.44. The molecule has 19 heavy (non-hydrogen) atoms. The van der Waals surface area contributed by atoms with Crippen LogP contribution in [0.1, 0.15) is 18.5 Å². The SMILES string of the molecule is FC(F)(F)c1cnc(OC[C@@H]2C[C@@H]3C[C@@H]3CN2)cn1. The molecule has 3 rings (SSSR count). The second-order valence-electron chi connectivity index (χ2n) is 5.15. The Kier molecular flexibility index (Phi) is 3.08. The molecule has 104 valence electrons. The molecule has 0 amide bonds. The van der Waals surface area contributed by atoms with E-state index in [9.17, 15) is 13.2 Å². The zero-order chi connectivity index (χ0) is 13.5. The van der Waals surface area contributed by atoms with Gasteiger partial charge in [-0.15, -0.1) is 0 Å². The van der Waals surface area contributed by atoms with Crippen LogP contribution in [0.2, 0.25) is 0 Å². The van der Waals surface area contributed by atoms with Gasteiger partial charge in [0.25, 0.3) is 0 Å². The van der Waals surface area contributed by atoms with Crippen LogP contribution in [0.15, 0.2) is 12.4 Å². The largest absolute Gasteiger partial charge is 0.475 e. The molecule has 2 fully saturated rings. The number of ether oxygens (including phenoxy) is 1. The topological polar surface area (TPSA) is 47.0 Å². The molecule has 0 aromatic carbocycles. The average molecular weight is 273 g/mol. The van der Waals surface area contributed by atoms with Gasteiger partial charge in [-0.2, -0.15) is 13.2 Å². The Labute approximate surface area is 108 Å². The molecule has 1 N–H and O–H groups in total. The summed E-state index contributed by atoms with van der Waals surface area (Å²) in [4.78, 5) is 6.93. The summed E-state index contributed by atoms with van der Waals surface area (Å²) in [6.07, 6.45) is -0.397. The Morgan fingerprint density at radius 2 is 2.05 bits per heavy atom. The fourth-order valence-electron chi connectivity index (χ4n) is 2.47. The summed E-state index contributed by atoms with van der Waals surface area (Å²) in [5.74, 6) is 1.75. The summed E-state index contributed by atoms with van der Waals surface area (Å²) in [5, 5.41) is 3.36. The van der Waals surface area contributed by atoms with E-state index < -0.39 is 11.9 Å². The summed E-state index contributed by atoms with van der Waals surface area (Å²) >= 11 is 0. The predicted molar refractivity (Wildman–Crippen MR) is 60.5 cm³/mol. The van der Waals surface area contributed by atoms with Crippen LogP contribution < -0.4 is 10.1 Å². The van der Waals surface area contributed by atoms with Crippen molar-refractivity contribution < 1.29 is 17.9 Å². The van der Waals surface area contributed by atoms with Gasteiger partial charge in [0.2, 0.25) is 5.88 Å². The molecule has 1 saturated heterocycles. The summed E-state index contributed by atoms with van der Waals surface area (Å²) in [5.41, 5.74) is -1.00. The number of halogens is 3. The standard InChI is InChI=1S/C12H14F3N3O/c13-12(14,15)10-4-18-11(5-17-10)19-6-9-2-7-1-8(7)3-16-9/h4-5,7-9,16H,1-3,6H2/t7-,8+,9-/m0/s1. The van der Waals surface area contributed by atoms with Crippen molar-refractivity contribution in [3.8, 4) is 5.88 Å². The maximum Gasteiger partial charge on any atom is 0.434 e. The van der Waals surface area contributed by atoms with Crippen LogP contribution in [0.4, 0.5) is 13.2 Å². The van der Waals surface area contributed by atoms with Crippen molar-refractivity contribution >= 4 is 0 Å². The number of alkyl halides is 3. The molecule has 1 aliphatic carbocycles. The van der Waals surface area contributed by atoms with Crippen LogP contribution in [-0.2, 0) is 6.18 Å². The van der Waals surface area contributed by atoms with Gasteiger partial charge in [-0.1, -0.05) is 0 Å². The van der Waals surface area contributed by atoms with Crippen LogP contribution in [0.25, 0.3) is 0 Å². The molecule has 0 unspecified atom stereocenters. The molecule has 4 nitrogen and oxygen atoms in total. The summed E-state index contributed by atoms with van der Waals surface area (Å²) < 4.78 is 42.2. The van der Waals surface area contributed by atoms with E-state index in [4.69, 9.17) is 4.74 Å². The predicted octanol–water partition coefficient (Wildman–Crippen LogP) is 1.87. The quantitative estimate of drug-likeness (QED) is 0.913. The molecular weight excluding hydrogens is 259 g/mol. The van der Waals surface area contributed by atoms with Crippen molar-refractivity contribution in [2.24, 2.45) is 11.8 Å². The summed E-state index contributed by atoms with van der Waals surface area (Å²) in [7, 11) is 0. The van der Waals surface area contributed by atoms with Gasteiger partial charge in [-0.05, 0) is 31.2 Å². The summed E-state index contributed by atoms with van der Waals surface area (Å²) in [6.45, 7) is 1.43. The highest BCUT2D eigenvalue weighted by molar-refractivity contribution is 5.09. The van der Waals surface area contributed by atoms with Gasteiger partial charge in [-0.25, -0.2) is 9.97 Å². The molecule has 1 aromatic heterocycles. The molecule has 3 atom stereocenters. The molecule has 0 radical (unpaired) electrons. The van der Waals surface area contributed by atoms with Crippen LogP contribution in [0, 0.1) is 11.8 Å². The van der Waals surface area contributed by atoms with E-state index in [1.54, 1.807) is 0 Å². The fourth-order valence-corrected chi connectivity index (χ4v) is 2.47. The molecule has 2 heterocycles. The maximum atomic E-state index is 12.3. The van der Waals surface area contributed by atoms with Gasteiger partial charge in [0.1, 0.15) is 6.61 Å². The van der Waals surface area contributed by atoms with Crippen LogP contribution in [0.3, 0.4) is 0 Å². The smallest absolute Gasteiger partial charge is 0.434 e. The van der Waals surface area contributed by atoms with Gasteiger partial charge in [0.05, 0.1) is 12.4 Å². The Bertz CT molecular complexity index is 449. The lowest BCUT2D eigenvalue weighted by Gasteiger charge is -2.22.